The lowest BCUT2D eigenvalue weighted by molar-refractivity contribution is 0.0955. The van der Waals surface area contributed by atoms with Gasteiger partial charge in [0.15, 0.2) is 9.43 Å². The van der Waals surface area contributed by atoms with Gasteiger partial charge in [0.1, 0.15) is 5.76 Å². The van der Waals surface area contributed by atoms with Crippen molar-refractivity contribution in [2.75, 3.05) is 0 Å². The first kappa shape index (κ1) is 18.0. The molecule has 8 heteroatoms. The average molecular weight is 458 g/mol. The third-order valence-corrected chi connectivity index (χ3v) is 6.02. The molecule has 1 amide bonds. The van der Waals surface area contributed by atoms with Crippen molar-refractivity contribution in [1.29, 1.82) is 0 Å². The van der Waals surface area contributed by atoms with Crippen LogP contribution in [0.5, 0.6) is 0 Å². The Morgan fingerprint density at radius 3 is 2.93 bits per heavy atom. The van der Waals surface area contributed by atoms with Crippen LogP contribution < -0.4 is 5.43 Å². The third kappa shape index (κ3) is 4.47. The lowest BCUT2D eigenvalue weighted by atomic mass is 10.2. The van der Waals surface area contributed by atoms with Crippen molar-refractivity contribution in [3.05, 3.63) is 76.5 Å². The van der Waals surface area contributed by atoms with E-state index in [4.69, 9.17) is 4.42 Å². The summed E-state index contributed by atoms with van der Waals surface area (Å²) < 4.78 is 8.60. The lowest BCUT2D eigenvalue weighted by Gasteiger charge is -1.99. The van der Waals surface area contributed by atoms with Gasteiger partial charge in [-0.15, -0.1) is 11.3 Å². The van der Waals surface area contributed by atoms with Crippen LogP contribution in [0.1, 0.15) is 16.1 Å². The zero-order valence-electron chi connectivity index (χ0n) is 13.8. The molecule has 0 saturated carbocycles. The number of halogens is 1. The van der Waals surface area contributed by atoms with Crippen molar-refractivity contribution >= 4 is 61.4 Å². The van der Waals surface area contributed by atoms with Gasteiger partial charge in [-0.1, -0.05) is 34.1 Å². The molecular weight excluding hydrogens is 446 g/mol. The topological polar surface area (TPSA) is 67.5 Å². The molecular formula is C19H12BrN3O2S2. The maximum absolute atomic E-state index is 12.0. The molecule has 0 radical (unpaired) electrons. The molecule has 0 fully saturated rings. The molecule has 0 bridgehead atoms. The largest absolute Gasteiger partial charge is 0.448 e. The molecule has 0 aliphatic rings. The Morgan fingerprint density at radius 1 is 1.19 bits per heavy atom. The smallest absolute Gasteiger partial charge is 0.271 e. The number of benzene rings is 2. The monoisotopic (exact) mass is 457 g/mol. The molecule has 0 atom stereocenters. The Kier molecular flexibility index (Phi) is 5.38. The number of hydrazone groups is 1. The molecule has 0 aliphatic carbocycles. The fourth-order valence-corrected chi connectivity index (χ4v) is 4.66. The summed E-state index contributed by atoms with van der Waals surface area (Å²) in [5, 5.41) is 4.66. The SMILES string of the molecule is O=C(N/N=C/c1ccc(Sc2nc3ccccc3s2)o1)c1cccc(Br)c1. The van der Waals surface area contributed by atoms with Crippen molar-refractivity contribution in [3.63, 3.8) is 0 Å². The predicted molar refractivity (Wildman–Crippen MR) is 112 cm³/mol. The molecule has 0 aliphatic heterocycles. The highest BCUT2D eigenvalue weighted by Gasteiger charge is 2.08. The van der Waals surface area contributed by atoms with Crippen LogP contribution in [0, 0.1) is 0 Å². The van der Waals surface area contributed by atoms with E-state index >= 15 is 0 Å². The van der Waals surface area contributed by atoms with Gasteiger partial charge in [-0.2, -0.15) is 5.10 Å². The second-order valence-electron chi connectivity index (χ2n) is 5.42. The highest BCUT2D eigenvalue weighted by Crippen LogP contribution is 2.34. The minimum absolute atomic E-state index is 0.289. The summed E-state index contributed by atoms with van der Waals surface area (Å²) in [6.45, 7) is 0. The number of hydrogen-bond donors (Lipinski definition) is 1. The van der Waals surface area contributed by atoms with Crippen LogP contribution in [0.15, 0.2) is 84.1 Å². The second-order valence-corrected chi connectivity index (χ2v) is 8.61. The Labute approximate surface area is 171 Å². The van der Waals surface area contributed by atoms with Crippen molar-refractivity contribution in [1.82, 2.24) is 10.4 Å². The first-order valence-electron chi connectivity index (χ1n) is 7.89. The number of rotatable bonds is 5. The van der Waals surface area contributed by atoms with Gasteiger partial charge in [0.05, 0.1) is 16.4 Å². The van der Waals surface area contributed by atoms with Crippen LogP contribution in [0.25, 0.3) is 10.2 Å². The summed E-state index contributed by atoms with van der Waals surface area (Å²) in [4.78, 5) is 16.6. The summed E-state index contributed by atoms with van der Waals surface area (Å²) in [7, 11) is 0. The number of carbonyl (C=O) groups is 1. The maximum atomic E-state index is 12.0. The number of hydrogen-bond acceptors (Lipinski definition) is 6. The minimum Gasteiger partial charge on any atom is -0.448 e. The van der Waals surface area contributed by atoms with E-state index in [1.165, 1.54) is 18.0 Å². The second kappa shape index (κ2) is 8.08. The van der Waals surface area contributed by atoms with Gasteiger partial charge in [0, 0.05) is 10.0 Å². The molecule has 4 aromatic rings. The van der Waals surface area contributed by atoms with E-state index in [2.05, 4.69) is 31.4 Å². The first-order valence-corrected chi connectivity index (χ1v) is 10.3. The fraction of sp³-hybridized carbons (Fsp3) is 0. The molecule has 5 nitrogen and oxygen atoms in total. The number of fused-ring (bicyclic) bond motifs is 1. The number of carbonyl (C=O) groups excluding carboxylic acids is 1. The third-order valence-electron chi connectivity index (χ3n) is 3.51. The van der Waals surface area contributed by atoms with Gasteiger partial charge in [0.2, 0.25) is 0 Å². The Morgan fingerprint density at radius 2 is 2.07 bits per heavy atom. The molecule has 27 heavy (non-hydrogen) atoms. The zero-order valence-corrected chi connectivity index (χ0v) is 17.0. The zero-order chi connectivity index (χ0) is 18.6. The number of aromatic nitrogens is 1. The van der Waals surface area contributed by atoms with Crippen molar-refractivity contribution in [2.45, 2.75) is 9.43 Å². The van der Waals surface area contributed by atoms with E-state index in [-0.39, 0.29) is 5.91 Å². The van der Waals surface area contributed by atoms with Crippen LogP contribution in [-0.4, -0.2) is 17.1 Å². The van der Waals surface area contributed by atoms with Gasteiger partial charge in [-0.05, 0) is 54.2 Å². The van der Waals surface area contributed by atoms with Crippen molar-refractivity contribution in [3.8, 4) is 0 Å². The van der Waals surface area contributed by atoms with Crippen LogP contribution in [0.3, 0.4) is 0 Å². The van der Waals surface area contributed by atoms with Gasteiger partial charge in [0.25, 0.3) is 5.91 Å². The summed E-state index contributed by atoms with van der Waals surface area (Å²) in [5.74, 6) is 0.260. The van der Waals surface area contributed by atoms with E-state index in [0.717, 1.165) is 19.0 Å². The molecule has 1 N–H and O–H groups in total. The van der Waals surface area contributed by atoms with Crippen molar-refractivity contribution in [2.24, 2.45) is 5.10 Å². The van der Waals surface area contributed by atoms with Gasteiger partial charge in [-0.25, -0.2) is 10.4 Å². The van der Waals surface area contributed by atoms with Crippen molar-refractivity contribution < 1.29 is 9.21 Å². The Bertz CT molecular complexity index is 1100. The van der Waals surface area contributed by atoms with E-state index in [9.17, 15) is 4.79 Å². The molecule has 0 saturated heterocycles. The van der Waals surface area contributed by atoms with Crippen LogP contribution in [-0.2, 0) is 0 Å². The summed E-state index contributed by atoms with van der Waals surface area (Å²) in [6, 6.07) is 18.8. The molecule has 0 unspecified atom stereocenters. The van der Waals surface area contributed by atoms with Gasteiger partial charge in [-0.3, -0.25) is 4.79 Å². The highest BCUT2D eigenvalue weighted by molar-refractivity contribution is 9.10. The summed E-state index contributed by atoms with van der Waals surface area (Å²) in [5.41, 5.74) is 3.99. The molecule has 2 aromatic carbocycles. The molecule has 0 spiro atoms. The predicted octanol–water partition coefficient (Wildman–Crippen LogP) is 5.57. The normalized spacial score (nSPS) is 11.3. The van der Waals surface area contributed by atoms with Gasteiger partial charge < -0.3 is 4.42 Å². The first-order chi connectivity index (χ1) is 13.2. The lowest BCUT2D eigenvalue weighted by Crippen LogP contribution is -2.17. The number of thiazole rings is 1. The standard InChI is InChI=1S/C19H12BrN3O2S2/c20-13-5-3-4-12(10-13)18(24)23-21-11-14-8-9-17(25-14)27-19-22-15-6-1-2-7-16(15)26-19/h1-11H,(H,23,24)/b21-11+. The minimum atomic E-state index is -0.289. The van der Waals surface area contributed by atoms with Crippen LogP contribution in [0.2, 0.25) is 0 Å². The van der Waals surface area contributed by atoms with Crippen LogP contribution >= 0.6 is 39.0 Å². The summed E-state index contributed by atoms with van der Waals surface area (Å²) in [6.07, 6.45) is 1.47. The molecule has 2 heterocycles. The number of furan rings is 1. The quantitative estimate of drug-likeness (QED) is 0.314. The van der Waals surface area contributed by atoms with E-state index in [1.807, 2.05) is 36.4 Å². The van der Waals surface area contributed by atoms with E-state index < -0.39 is 0 Å². The number of nitrogens with one attached hydrogen (secondary N) is 1. The highest BCUT2D eigenvalue weighted by atomic mass is 79.9. The Hall–Kier alpha value is -2.42. The average Bonchev–Trinajstić information content (AvgIpc) is 3.28. The summed E-state index contributed by atoms with van der Waals surface area (Å²) >= 11 is 6.41. The number of nitrogens with zero attached hydrogens (tertiary/aromatic N) is 2. The molecule has 134 valence electrons. The number of amides is 1. The van der Waals surface area contributed by atoms with E-state index in [1.54, 1.807) is 35.6 Å². The fourth-order valence-electron chi connectivity index (χ4n) is 2.29. The van der Waals surface area contributed by atoms with Gasteiger partial charge >= 0.3 is 0 Å². The number of para-hydroxylation sites is 1. The Balaban J connectivity index is 1.39. The van der Waals surface area contributed by atoms with E-state index in [0.29, 0.717) is 16.4 Å². The molecule has 4 rings (SSSR count). The van der Waals surface area contributed by atoms with Crippen LogP contribution in [0.4, 0.5) is 0 Å². The molecule has 2 aromatic heterocycles. The maximum Gasteiger partial charge on any atom is 0.271 e.